The van der Waals surface area contributed by atoms with E-state index >= 15 is 0 Å². The number of hydrogen-bond acceptors (Lipinski definition) is 3. The van der Waals surface area contributed by atoms with Crippen LogP contribution in [-0.4, -0.2) is 43.8 Å². The van der Waals surface area contributed by atoms with Gasteiger partial charge in [-0.1, -0.05) is 37.3 Å². The van der Waals surface area contributed by atoms with E-state index in [-0.39, 0.29) is 6.10 Å². The van der Waals surface area contributed by atoms with E-state index in [1.807, 2.05) is 0 Å². The van der Waals surface area contributed by atoms with Gasteiger partial charge in [-0.05, 0) is 18.9 Å². The van der Waals surface area contributed by atoms with Gasteiger partial charge < -0.3 is 10.1 Å². The van der Waals surface area contributed by atoms with E-state index in [0.717, 1.165) is 19.6 Å². The number of hydrogen-bond donors (Lipinski definition) is 1. The zero-order valence-electron chi connectivity index (χ0n) is 12.3. The first kappa shape index (κ1) is 14.5. The first-order chi connectivity index (χ1) is 9.24. The topological polar surface area (TPSA) is 24.5 Å². The highest BCUT2D eigenvalue weighted by molar-refractivity contribution is 5.20. The summed E-state index contributed by atoms with van der Waals surface area (Å²) in [6, 6.07) is 11.8. The van der Waals surface area contributed by atoms with Crippen LogP contribution in [0.15, 0.2) is 30.3 Å². The van der Waals surface area contributed by atoms with Crippen LogP contribution >= 0.6 is 0 Å². The van der Waals surface area contributed by atoms with Crippen LogP contribution in [-0.2, 0) is 4.74 Å². The Kier molecular flexibility index (Phi) is 5.37. The summed E-state index contributed by atoms with van der Waals surface area (Å²) < 4.78 is 5.44. The lowest BCUT2D eigenvalue weighted by Crippen LogP contribution is -2.53. The molecule has 1 aliphatic heterocycles. The van der Waals surface area contributed by atoms with Gasteiger partial charge in [0.1, 0.15) is 0 Å². The van der Waals surface area contributed by atoms with Crippen LogP contribution < -0.4 is 5.32 Å². The lowest BCUT2D eigenvalue weighted by Gasteiger charge is -2.41. The first-order valence-corrected chi connectivity index (χ1v) is 7.29. The number of nitrogens with one attached hydrogen (secondary N) is 1. The number of rotatable bonds is 5. The average Bonchev–Trinajstić information content (AvgIpc) is 2.48. The van der Waals surface area contributed by atoms with Crippen molar-refractivity contribution in [1.82, 2.24) is 10.2 Å². The second-order valence-electron chi connectivity index (χ2n) is 5.44. The highest BCUT2D eigenvalue weighted by Crippen LogP contribution is 2.24. The molecule has 0 bridgehead atoms. The van der Waals surface area contributed by atoms with Gasteiger partial charge in [0.2, 0.25) is 0 Å². The van der Waals surface area contributed by atoms with Gasteiger partial charge in [0, 0.05) is 38.8 Å². The summed E-state index contributed by atoms with van der Waals surface area (Å²) in [5.74, 6) is 0. The molecule has 3 unspecified atom stereocenters. The third-order valence-corrected chi connectivity index (χ3v) is 4.07. The molecule has 1 fully saturated rings. The first-order valence-electron chi connectivity index (χ1n) is 7.29. The van der Waals surface area contributed by atoms with Crippen molar-refractivity contribution < 1.29 is 4.74 Å². The Bertz CT molecular complexity index is 366. The molecular formula is C16H26N2O. The smallest absolute Gasteiger partial charge is 0.0670 e. The van der Waals surface area contributed by atoms with E-state index in [4.69, 9.17) is 4.74 Å². The average molecular weight is 262 g/mol. The van der Waals surface area contributed by atoms with Crippen molar-refractivity contribution in [2.75, 3.05) is 26.7 Å². The molecule has 1 aromatic carbocycles. The molecule has 1 N–H and O–H groups in total. The van der Waals surface area contributed by atoms with Crippen LogP contribution in [0.4, 0.5) is 0 Å². The van der Waals surface area contributed by atoms with Gasteiger partial charge in [0.25, 0.3) is 0 Å². The Labute approximate surface area is 116 Å². The summed E-state index contributed by atoms with van der Waals surface area (Å²) in [5, 5.41) is 3.66. The van der Waals surface area contributed by atoms with E-state index in [1.54, 1.807) is 7.11 Å². The SMILES string of the molecule is CCC1CN(CC(C)OC)C(c2ccccc2)CN1. The van der Waals surface area contributed by atoms with Gasteiger partial charge in [-0.15, -0.1) is 0 Å². The fourth-order valence-corrected chi connectivity index (χ4v) is 2.77. The second kappa shape index (κ2) is 7.04. The molecule has 1 saturated heterocycles. The second-order valence-corrected chi connectivity index (χ2v) is 5.44. The summed E-state index contributed by atoms with van der Waals surface area (Å²) in [4.78, 5) is 2.56. The van der Waals surface area contributed by atoms with Crippen LogP contribution in [0, 0.1) is 0 Å². The van der Waals surface area contributed by atoms with Crippen molar-refractivity contribution in [3.05, 3.63) is 35.9 Å². The molecule has 0 radical (unpaired) electrons. The number of benzene rings is 1. The number of methoxy groups -OCH3 is 1. The molecule has 0 aliphatic carbocycles. The predicted octanol–water partition coefficient (Wildman–Crippen LogP) is 2.45. The molecule has 3 nitrogen and oxygen atoms in total. The molecule has 3 atom stereocenters. The van der Waals surface area contributed by atoms with Gasteiger partial charge in [-0.2, -0.15) is 0 Å². The molecule has 1 aliphatic rings. The third kappa shape index (κ3) is 3.78. The van der Waals surface area contributed by atoms with Gasteiger partial charge in [0.05, 0.1) is 6.10 Å². The molecule has 1 heterocycles. The fraction of sp³-hybridized carbons (Fsp3) is 0.625. The van der Waals surface area contributed by atoms with Crippen LogP contribution in [0.3, 0.4) is 0 Å². The largest absolute Gasteiger partial charge is 0.380 e. The van der Waals surface area contributed by atoms with Crippen molar-refractivity contribution >= 4 is 0 Å². The van der Waals surface area contributed by atoms with Gasteiger partial charge in [-0.25, -0.2) is 0 Å². The lowest BCUT2D eigenvalue weighted by atomic mass is 9.99. The van der Waals surface area contributed by atoms with E-state index in [1.165, 1.54) is 12.0 Å². The molecule has 0 amide bonds. The molecule has 2 rings (SSSR count). The molecular weight excluding hydrogens is 236 g/mol. The number of nitrogens with zero attached hydrogens (tertiary/aromatic N) is 1. The van der Waals surface area contributed by atoms with Crippen LogP contribution in [0.1, 0.15) is 31.9 Å². The number of ether oxygens (including phenoxy) is 1. The van der Waals surface area contributed by atoms with E-state index in [0.29, 0.717) is 12.1 Å². The van der Waals surface area contributed by atoms with Gasteiger partial charge >= 0.3 is 0 Å². The summed E-state index contributed by atoms with van der Waals surface area (Å²) in [5.41, 5.74) is 1.40. The summed E-state index contributed by atoms with van der Waals surface area (Å²) in [6.07, 6.45) is 1.46. The summed E-state index contributed by atoms with van der Waals surface area (Å²) in [7, 11) is 1.79. The normalized spacial score (nSPS) is 26.3. The molecule has 19 heavy (non-hydrogen) atoms. The minimum atomic E-state index is 0.279. The van der Waals surface area contributed by atoms with Crippen molar-refractivity contribution in [1.29, 1.82) is 0 Å². The molecule has 0 aromatic heterocycles. The standard InChI is InChI=1S/C16H26N2O/c1-4-15-12-18(11-13(2)19-3)16(10-17-15)14-8-6-5-7-9-14/h5-9,13,15-17H,4,10-12H2,1-3H3. The van der Waals surface area contributed by atoms with Crippen LogP contribution in [0.5, 0.6) is 0 Å². The maximum Gasteiger partial charge on any atom is 0.0670 e. The fourth-order valence-electron chi connectivity index (χ4n) is 2.77. The molecule has 3 heteroatoms. The van der Waals surface area contributed by atoms with Crippen LogP contribution in [0.2, 0.25) is 0 Å². The van der Waals surface area contributed by atoms with Gasteiger partial charge in [-0.3, -0.25) is 4.90 Å². The Hall–Kier alpha value is -0.900. The third-order valence-electron chi connectivity index (χ3n) is 4.07. The minimum Gasteiger partial charge on any atom is -0.380 e. The van der Waals surface area contributed by atoms with E-state index < -0.39 is 0 Å². The number of piperazine rings is 1. The quantitative estimate of drug-likeness (QED) is 0.882. The summed E-state index contributed by atoms with van der Waals surface area (Å²) in [6.45, 7) is 7.51. The highest BCUT2D eigenvalue weighted by atomic mass is 16.5. The summed E-state index contributed by atoms with van der Waals surface area (Å²) >= 11 is 0. The molecule has 1 aromatic rings. The maximum absolute atomic E-state index is 5.44. The predicted molar refractivity (Wildman–Crippen MR) is 79.3 cm³/mol. The van der Waals surface area contributed by atoms with E-state index in [2.05, 4.69) is 54.4 Å². The highest BCUT2D eigenvalue weighted by Gasteiger charge is 2.28. The maximum atomic E-state index is 5.44. The van der Waals surface area contributed by atoms with Crippen molar-refractivity contribution in [2.24, 2.45) is 0 Å². The van der Waals surface area contributed by atoms with Crippen LogP contribution in [0.25, 0.3) is 0 Å². The zero-order valence-corrected chi connectivity index (χ0v) is 12.3. The Morgan fingerprint density at radius 1 is 1.37 bits per heavy atom. The molecule has 106 valence electrons. The molecule has 0 saturated carbocycles. The zero-order chi connectivity index (χ0) is 13.7. The Morgan fingerprint density at radius 3 is 2.74 bits per heavy atom. The Morgan fingerprint density at radius 2 is 2.11 bits per heavy atom. The monoisotopic (exact) mass is 262 g/mol. The van der Waals surface area contributed by atoms with Crippen molar-refractivity contribution in [3.8, 4) is 0 Å². The molecule has 0 spiro atoms. The lowest BCUT2D eigenvalue weighted by molar-refractivity contribution is 0.0402. The van der Waals surface area contributed by atoms with E-state index in [9.17, 15) is 0 Å². The van der Waals surface area contributed by atoms with Gasteiger partial charge in [0.15, 0.2) is 0 Å². The van der Waals surface area contributed by atoms with Crippen molar-refractivity contribution in [2.45, 2.75) is 38.5 Å². The van der Waals surface area contributed by atoms with Crippen molar-refractivity contribution in [3.63, 3.8) is 0 Å². The minimum absolute atomic E-state index is 0.279. The Balaban J connectivity index is 2.10.